The lowest BCUT2D eigenvalue weighted by Crippen LogP contribution is -2.43. The standard InChI is InChI=1S/C24H26N4O5/c1-16(2)13-21(24(30)33-3)25-22(29)14-18-15-27(19-7-5-4-6-8-19)26-23(18)17-9-11-20(12-10-17)28(31)32/h4-12,15-16,21H,13-14H2,1-3H3,(H,25,29). The van der Waals surface area contributed by atoms with E-state index in [1.54, 1.807) is 23.0 Å². The van der Waals surface area contributed by atoms with E-state index in [4.69, 9.17) is 4.74 Å². The topological polar surface area (TPSA) is 116 Å². The van der Waals surface area contributed by atoms with Gasteiger partial charge in [0.25, 0.3) is 5.69 Å². The van der Waals surface area contributed by atoms with Crippen molar-refractivity contribution in [2.24, 2.45) is 5.92 Å². The van der Waals surface area contributed by atoms with Crippen LogP contribution >= 0.6 is 0 Å². The second-order valence-corrected chi connectivity index (χ2v) is 8.04. The van der Waals surface area contributed by atoms with E-state index >= 15 is 0 Å². The molecule has 0 aliphatic rings. The third-order valence-electron chi connectivity index (χ3n) is 5.04. The zero-order chi connectivity index (χ0) is 24.0. The van der Waals surface area contributed by atoms with Crippen molar-refractivity contribution in [1.82, 2.24) is 15.1 Å². The predicted molar refractivity (Wildman–Crippen MR) is 123 cm³/mol. The molecule has 2 aromatic carbocycles. The number of carbonyl (C=O) groups excluding carboxylic acids is 2. The molecule has 0 saturated heterocycles. The Bertz CT molecular complexity index is 1120. The lowest BCUT2D eigenvalue weighted by molar-refractivity contribution is -0.384. The van der Waals surface area contributed by atoms with Crippen molar-refractivity contribution >= 4 is 17.6 Å². The molecule has 0 saturated carbocycles. The molecule has 1 N–H and O–H groups in total. The van der Waals surface area contributed by atoms with Crippen molar-refractivity contribution in [3.05, 3.63) is 76.5 Å². The van der Waals surface area contributed by atoms with Crippen LogP contribution in [0.3, 0.4) is 0 Å². The number of nitrogens with zero attached hydrogens (tertiary/aromatic N) is 3. The molecule has 0 radical (unpaired) electrons. The Morgan fingerprint density at radius 3 is 2.36 bits per heavy atom. The third-order valence-corrected chi connectivity index (χ3v) is 5.04. The van der Waals surface area contributed by atoms with Crippen LogP contribution in [-0.2, 0) is 20.7 Å². The number of benzene rings is 2. The highest BCUT2D eigenvalue weighted by molar-refractivity contribution is 5.86. The molecule has 1 unspecified atom stereocenters. The second-order valence-electron chi connectivity index (χ2n) is 8.04. The quantitative estimate of drug-likeness (QED) is 0.302. The summed E-state index contributed by atoms with van der Waals surface area (Å²) >= 11 is 0. The molecule has 1 atom stereocenters. The normalized spacial score (nSPS) is 11.8. The van der Waals surface area contributed by atoms with Crippen molar-refractivity contribution in [3.8, 4) is 16.9 Å². The Balaban J connectivity index is 1.92. The van der Waals surface area contributed by atoms with Gasteiger partial charge in [-0.1, -0.05) is 32.0 Å². The number of ether oxygens (including phenoxy) is 1. The minimum atomic E-state index is -0.741. The SMILES string of the molecule is COC(=O)C(CC(C)C)NC(=O)Cc1cn(-c2ccccc2)nc1-c1ccc([N+](=O)[O-])cc1. The van der Waals surface area contributed by atoms with Crippen LogP contribution in [0.4, 0.5) is 5.69 Å². The number of amides is 1. The van der Waals surface area contributed by atoms with Crippen molar-refractivity contribution in [1.29, 1.82) is 0 Å². The van der Waals surface area contributed by atoms with E-state index in [9.17, 15) is 19.7 Å². The van der Waals surface area contributed by atoms with Gasteiger partial charge < -0.3 is 10.1 Å². The summed E-state index contributed by atoms with van der Waals surface area (Å²) in [4.78, 5) is 35.5. The monoisotopic (exact) mass is 450 g/mol. The smallest absolute Gasteiger partial charge is 0.328 e. The van der Waals surface area contributed by atoms with E-state index < -0.39 is 16.9 Å². The van der Waals surface area contributed by atoms with E-state index in [0.717, 1.165) is 5.69 Å². The van der Waals surface area contributed by atoms with Crippen LogP contribution in [0.25, 0.3) is 16.9 Å². The minimum absolute atomic E-state index is 0.0231. The summed E-state index contributed by atoms with van der Waals surface area (Å²) < 4.78 is 6.48. The number of esters is 1. The molecule has 0 aliphatic carbocycles. The first-order valence-electron chi connectivity index (χ1n) is 10.5. The van der Waals surface area contributed by atoms with Crippen molar-refractivity contribution in [2.45, 2.75) is 32.7 Å². The first-order valence-corrected chi connectivity index (χ1v) is 10.5. The summed E-state index contributed by atoms with van der Waals surface area (Å²) in [5.41, 5.74) is 2.57. The van der Waals surface area contributed by atoms with Crippen LogP contribution in [0.1, 0.15) is 25.8 Å². The summed E-state index contributed by atoms with van der Waals surface area (Å²) in [5, 5.41) is 18.4. The van der Waals surface area contributed by atoms with Crippen LogP contribution in [0.5, 0.6) is 0 Å². The zero-order valence-electron chi connectivity index (χ0n) is 18.7. The Hall–Kier alpha value is -4.01. The van der Waals surface area contributed by atoms with E-state index in [2.05, 4.69) is 10.4 Å². The van der Waals surface area contributed by atoms with Gasteiger partial charge in [-0.2, -0.15) is 5.10 Å². The van der Waals surface area contributed by atoms with Gasteiger partial charge in [-0.05, 0) is 36.6 Å². The van der Waals surface area contributed by atoms with Crippen molar-refractivity contribution < 1.29 is 19.2 Å². The Morgan fingerprint density at radius 1 is 1.12 bits per heavy atom. The number of non-ortho nitro benzene ring substituents is 1. The number of carbonyl (C=O) groups is 2. The molecule has 0 aliphatic heterocycles. The van der Waals surface area contributed by atoms with Gasteiger partial charge in [0.15, 0.2) is 0 Å². The van der Waals surface area contributed by atoms with Crippen molar-refractivity contribution in [2.75, 3.05) is 7.11 Å². The molecule has 0 fully saturated rings. The molecule has 1 amide bonds. The number of para-hydroxylation sites is 1. The maximum absolute atomic E-state index is 12.9. The second kappa shape index (κ2) is 10.5. The van der Waals surface area contributed by atoms with Gasteiger partial charge >= 0.3 is 5.97 Å². The molecule has 3 rings (SSSR count). The van der Waals surface area contributed by atoms with Gasteiger partial charge in [0, 0.05) is 29.5 Å². The predicted octanol–water partition coefficient (Wildman–Crippen LogP) is 3.69. The summed E-state index contributed by atoms with van der Waals surface area (Å²) in [6, 6.07) is 14.7. The first kappa shape index (κ1) is 23.6. The van der Waals surface area contributed by atoms with Gasteiger partial charge in [-0.15, -0.1) is 0 Å². The summed E-state index contributed by atoms with van der Waals surface area (Å²) in [7, 11) is 1.29. The Labute approximate surface area is 191 Å². The van der Waals surface area contributed by atoms with Crippen LogP contribution in [0, 0.1) is 16.0 Å². The summed E-state index contributed by atoms with van der Waals surface area (Å²) in [6.07, 6.45) is 2.18. The fourth-order valence-corrected chi connectivity index (χ4v) is 3.48. The average Bonchev–Trinajstić information content (AvgIpc) is 3.22. The number of rotatable bonds is 9. The van der Waals surface area contributed by atoms with Crippen LogP contribution < -0.4 is 5.32 Å². The Kier molecular flexibility index (Phi) is 7.55. The highest BCUT2D eigenvalue weighted by Crippen LogP contribution is 2.26. The molecular weight excluding hydrogens is 424 g/mol. The lowest BCUT2D eigenvalue weighted by Gasteiger charge is -2.18. The lowest BCUT2D eigenvalue weighted by atomic mass is 10.0. The fraction of sp³-hybridized carbons (Fsp3) is 0.292. The van der Waals surface area contributed by atoms with Gasteiger partial charge in [0.05, 0.1) is 29.8 Å². The number of nitro benzene ring substituents is 1. The molecule has 1 aromatic heterocycles. The molecule has 33 heavy (non-hydrogen) atoms. The molecule has 9 heteroatoms. The number of hydrogen-bond acceptors (Lipinski definition) is 6. The Morgan fingerprint density at radius 2 is 1.79 bits per heavy atom. The molecule has 3 aromatic rings. The number of aromatic nitrogens is 2. The van der Waals surface area contributed by atoms with Gasteiger partial charge in [0.2, 0.25) is 5.91 Å². The van der Waals surface area contributed by atoms with E-state index in [0.29, 0.717) is 23.2 Å². The maximum atomic E-state index is 12.9. The maximum Gasteiger partial charge on any atom is 0.328 e. The van der Waals surface area contributed by atoms with E-state index in [1.165, 1.54) is 19.2 Å². The number of nitro groups is 1. The number of hydrogen-bond donors (Lipinski definition) is 1. The number of methoxy groups -OCH3 is 1. The zero-order valence-corrected chi connectivity index (χ0v) is 18.7. The molecule has 0 bridgehead atoms. The van der Waals surface area contributed by atoms with E-state index in [1.807, 2.05) is 44.2 Å². The molecule has 1 heterocycles. The minimum Gasteiger partial charge on any atom is -0.467 e. The molecule has 0 spiro atoms. The fourth-order valence-electron chi connectivity index (χ4n) is 3.48. The van der Waals surface area contributed by atoms with Crippen LogP contribution in [0.2, 0.25) is 0 Å². The molecular formula is C24H26N4O5. The molecule has 172 valence electrons. The largest absolute Gasteiger partial charge is 0.467 e. The average molecular weight is 450 g/mol. The van der Waals surface area contributed by atoms with Crippen molar-refractivity contribution in [3.63, 3.8) is 0 Å². The highest BCUT2D eigenvalue weighted by Gasteiger charge is 2.24. The van der Waals surface area contributed by atoms with Crippen LogP contribution in [-0.4, -0.2) is 39.7 Å². The highest BCUT2D eigenvalue weighted by atomic mass is 16.6. The van der Waals surface area contributed by atoms with Gasteiger partial charge in [0.1, 0.15) is 6.04 Å². The van der Waals surface area contributed by atoms with Gasteiger partial charge in [-0.25, -0.2) is 9.48 Å². The summed E-state index contributed by atoms with van der Waals surface area (Å²) in [5.74, 6) is -0.652. The van der Waals surface area contributed by atoms with Crippen LogP contribution in [0.15, 0.2) is 60.8 Å². The first-order chi connectivity index (χ1) is 15.8. The van der Waals surface area contributed by atoms with E-state index in [-0.39, 0.29) is 23.9 Å². The summed E-state index contributed by atoms with van der Waals surface area (Å²) in [6.45, 7) is 3.91. The number of nitrogens with one attached hydrogen (secondary N) is 1. The van der Waals surface area contributed by atoms with Gasteiger partial charge in [-0.3, -0.25) is 14.9 Å². The third kappa shape index (κ3) is 6.03. The molecule has 9 nitrogen and oxygen atoms in total.